The van der Waals surface area contributed by atoms with E-state index in [4.69, 9.17) is 5.73 Å². The van der Waals surface area contributed by atoms with Crippen molar-refractivity contribution >= 4 is 17.6 Å². The zero-order valence-corrected chi connectivity index (χ0v) is 13.8. The van der Waals surface area contributed by atoms with E-state index in [9.17, 15) is 19.5 Å². The van der Waals surface area contributed by atoms with Gasteiger partial charge in [0.15, 0.2) is 5.78 Å². The van der Waals surface area contributed by atoms with Crippen molar-refractivity contribution in [1.82, 2.24) is 16.0 Å². The normalized spacial score (nSPS) is 21.8. The van der Waals surface area contributed by atoms with Gasteiger partial charge in [0.2, 0.25) is 11.8 Å². The van der Waals surface area contributed by atoms with E-state index in [1.807, 2.05) is 0 Å². The molecule has 8 nitrogen and oxygen atoms in total. The number of nitrogens with one attached hydrogen (secondary N) is 3. The molecule has 0 aromatic heterocycles. The van der Waals surface area contributed by atoms with E-state index in [0.29, 0.717) is 13.0 Å². The summed E-state index contributed by atoms with van der Waals surface area (Å²) < 4.78 is 0. The molecule has 1 heterocycles. The van der Waals surface area contributed by atoms with E-state index in [1.54, 1.807) is 0 Å². The highest BCUT2D eigenvalue weighted by Crippen LogP contribution is 2.10. The fraction of sp³-hybridized carbons (Fsp3) is 0.800. The topological polar surface area (TPSA) is 134 Å². The van der Waals surface area contributed by atoms with Gasteiger partial charge in [0.25, 0.3) is 0 Å². The van der Waals surface area contributed by atoms with Crippen LogP contribution in [0.3, 0.4) is 0 Å². The van der Waals surface area contributed by atoms with E-state index >= 15 is 0 Å². The number of carbonyl (C=O) groups is 3. The fourth-order valence-corrected chi connectivity index (χ4v) is 2.56. The average Bonchev–Trinajstić information content (AvgIpc) is 2.52. The maximum absolute atomic E-state index is 12.3. The Kier molecular flexibility index (Phi) is 8.15. The minimum atomic E-state index is -1.09. The van der Waals surface area contributed by atoms with Crippen molar-refractivity contribution in [3.05, 3.63) is 0 Å². The Morgan fingerprint density at radius 1 is 1.35 bits per heavy atom. The van der Waals surface area contributed by atoms with Gasteiger partial charge < -0.3 is 26.8 Å². The lowest BCUT2D eigenvalue weighted by Crippen LogP contribution is -2.57. The molecule has 6 N–H and O–H groups in total. The van der Waals surface area contributed by atoms with Gasteiger partial charge in [0, 0.05) is 6.54 Å². The molecule has 1 aliphatic heterocycles. The van der Waals surface area contributed by atoms with Crippen LogP contribution >= 0.6 is 0 Å². The van der Waals surface area contributed by atoms with Crippen molar-refractivity contribution in [2.45, 2.75) is 51.3 Å². The van der Waals surface area contributed by atoms with Crippen LogP contribution in [0.15, 0.2) is 0 Å². The number of ketones is 1. The summed E-state index contributed by atoms with van der Waals surface area (Å²) in [5.74, 6) is -1.27. The van der Waals surface area contributed by atoms with Gasteiger partial charge in [-0.15, -0.1) is 0 Å². The van der Waals surface area contributed by atoms with Crippen molar-refractivity contribution in [3.63, 3.8) is 0 Å². The monoisotopic (exact) mass is 328 g/mol. The Balaban J connectivity index is 2.66. The largest absolute Gasteiger partial charge is 0.391 e. The number of carbonyl (C=O) groups excluding carboxylic acids is 3. The highest BCUT2D eigenvalue weighted by Gasteiger charge is 2.31. The molecule has 132 valence electrons. The van der Waals surface area contributed by atoms with E-state index in [-0.39, 0.29) is 24.2 Å². The van der Waals surface area contributed by atoms with Crippen LogP contribution in [0.2, 0.25) is 0 Å². The van der Waals surface area contributed by atoms with Crippen LogP contribution < -0.4 is 21.7 Å². The number of aliphatic hydroxyl groups is 1. The summed E-state index contributed by atoms with van der Waals surface area (Å²) in [7, 11) is 0. The van der Waals surface area contributed by atoms with Gasteiger partial charge in [0.1, 0.15) is 6.04 Å². The molecule has 8 heteroatoms. The Morgan fingerprint density at radius 2 is 2.04 bits per heavy atom. The van der Waals surface area contributed by atoms with Crippen molar-refractivity contribution in [2.75, 3.05) is 19.6 Å². The predicted octanol–water partition coefficient (Wildman–Crippen LogP) is -1.73. The van der Waals surface area contributed by atoms with Gasteiger partial charge in [0.05, 0.1) is 18.1 Å². The third-order valence-electron chi connectivity index (χ3n) is 3.99. The van der Waals surface area contributed by atoms with Crippen molar-refractivity contribution in [2.24, 2.45) is 11.7 Å². The van der Waals surface area contributed by atoms with Crippen LogP contribution in [0.1, 0.15) is 33.1 Å². The quantitative estimate of drug-likeness (QED) is 0.360. The van der Waals surface area contributed by atoms with Crippen LogP contribution in [-0.4, -0.2) is 60.5 Å². The highest BCUT2D eigenvalue weighted by atomic mass is 16.3. The van der Waals surface area contributed by atoms with Gasteiger partial charge in [-0.05, 0) is 46.2 Å². The Bertz CT molecular complexity index is 422. The first-order valence-corrected chi connectivity index (χ1v) is 8.06. The molecule has 0 unspecified atom stereocenters. The summed E-state index contributed by atoms with van der Waals surface area (Å²) >= 11 is 0. The molecule has 1 fully saturated rings. The molecule has 0 saturated carbocycles. The van der Waals surface area contributed by atoms with E-state index in [2.05, 4.69) is 16.0 Å². The third kappa shape index (κ3) is 6.25. The van der Waals surface area contributed by atoms with Gasteiger partial charge >= 0.3 is 0 Å². The number of hydrogen-bond acceptors (Lipinski definition) is 6. The van der Waals surface area contributed by atoms with Gasteiger partial charge in [-0.3, -0.25) is 14.4 Å². The number of rotatable bonds is 8. The third-order valence-corrected chi connectivity index (χ3v) is 3.99. The number of hydrogen-bond donors (Lipinski definition) is 5. The molecule has 1 saturated heterocycles. The second-order valence-corrected chi connectivity index (χ2v) is 6.02. The lowest BCUT2D eigenvalue weighted by Gasteiger charge is -2.27. The summed E-state index contributed by atoms with van der Waals surface area (Å²) in [6.07, 6.45) is 0.887. The van der Waals surface area contributed by atoms with Crippen molar-refractivity contribution in [3.8, 4) is 0 Å². The molecule has 0 aromatic rings. The molecule has 2 amide bonds. The lowest BCUT2D eigenvalue weighted by molar-refractivity contribution is -0.135. The number of Topliss-reactive ketones (excluding diaryl/α,β-unsaturated/α-hetero) is 1. The first-order valence-electron chi connectivity index (χ1n) is 8.06. The Labute approximate surface area is 136 Å². The molecule has 0 aromatic carbocycles. The number of aliphatic hydroxyl groups excluding tert-OH is 1. The Hall–Kier alpha value is -1.51. The van der Waals surface area contributed by atoms with Crippen molar-refractivity contribution in [1.29, 1.82) is 0 Å². The first-order chi connectivity index (χ1) is 10.9. The number of piperidine rings is 1. The summed E-state index contributed by atoms with van der Waals surface area (Å²) in [6, 6.07) is -1.80. The standard InChI is InChI=1S/C15H28N4O4/c1-9(20)12(5-6-16)18-15(23)13(10(2)21)19-14(22)11-4-3-7-17-8-11/h10-13,17,21H,3-8,16H2,1-2H3,(H,18,23)(H,19,22)/t10-,11-,12-,13-/m0/s1. The van der Waals surface area contributed by atoms with Gasteiger partial charge in [-0.1, -0.05) is 0 Å². The molecule has 23 heavy (non-hydrogen) atoms. The molecule has 1 aliphatic rings. The van der Waals surface area contributed by atoms with E-state index in [0.717, 1.165) is 19.4 Å². The summed E-state index contributed by atoms with van der Waals surface area (Å²) in [6.45, 7) is 4.48. The fourth-order valence-electron chi connectivity index (χ4n) is 2.56. The minimum Gasteiger partial charge on any atom is -0.391 e. The molecular formula is C15H28N4O4. The number of amides is 2. The summed E-state index contributed by atoms with van der Waals surface area (Å²) in [5.41, 5.74) is 5.43. The summed E-state index contributed by atoms with van der Waals surface area (Å²) in [5, 5.41) is 18.1. The SMILES string of the molecule is CC(=O)[C@H](CCN)NC(=O)[C@@H](NC(=O)[C@H]1CCCNC1)[C@H](C)O. The zero-order chi connectivity index (χ0) is 17.4. The highest BCUT2D eigenvalue weighted by molar-refractivity contribution is 5.92. The summed E-state index contributed by atoms with van der Waals surface area (Å²) in [4.78, 5) is 36.0. The molecule has 1 rings (SSSR count). The average molecular weight is 328 g/mol. The molecule has 0 bridgehead atoms. The molecule has 0 spiro atoms. The second kappa shape index (κ2) is 9.59. The molecule has 0 aliphatic carbocycles. The molecular weight excluding hydrogens is 300 g/mol. The zero-order valence-electron chi connectivity index (χ0n) is 13.8. The smallest absolute Gasteiger partial charge is 0.245 e. The van der Waals surface area contributed by atoms with Gasteiger partial charge in [-0.2, -0.15) is 0 Å². The van der Waals surface area contributed by atoms with Crippen LogP contribution in [-0.2, 0) is 14.4 Å². The molecule has 4 atom stereocenters. The van der Waals surface area contributed by atoms with Crippen molar-refractivity contribution < 1.29 is 19.5 Å². The van der Waals surface area contributed by atoms with Crippen LogP contribution in [0.5, 0.6) is 0 Å². The number of nitrogens with two attached hydrogens (primary N) is 1. The van der Waals surface area contributed by atoms with Crippen LogP contribution in [0.4, 0.5) is 0 Å². The predicted molar refractivity (Wildman–Crippen MR) is 85.5 cm³/mol. The van der Waals surface area contributed by atoms with E-state index in [1.165, 1.54) is 13.8 Å². The van der Waals surface area contributed by atoms with Gasteiger partial charge in [-0.25, -0.2) is 0 Å². The maximum atomic E-state index is 12.3. The minimum absolute atomic E-state index is 0.212. The Morgan fingerprint density at radius 3 is 2.52 bits per heavy atom. The first kappa shape index (κ1) is 19.5. The van der Waals surface area contributed by atoms with Crippen LogP contribution in [0, 0.1) is 5.92 Å². The van der Waals surface area contributed by atoms with E-state index < -0.39 is 24.1 Å². The maximum Gasteiger partial charge on any atom is 0.245 e. The van der Waals surface area contributed by atoms with Crippen LogP contribution in [0.25, 0.3) is 0 Å². The molecule has 0 radical (unpaired) electrons. The second-order valence-electron chi connectivity index (χ2n) is 6.02. The lowest BCUT2D eigenvalue weighted by atomic mass is 9.98.